The van der Waals surface area contributed by atoms with E-state index in [-0.39, 0.29) is 19.1 Å². The summed E-state index contributed by atoms with van der Waals surface area (Å²) >= 11 is 0. The number of rotatable bonds is 25. The maximum Gasteiger partial charge on any atom is 0.246 e. The Labute approximate surface area is 223 Å². The fourth-order valence-electron chi connectivity index (χ4n) is 4.94. The SMILES string of the molecule is [B]C1OC(CO)C(O)C1OCC(=O)NCCCCCCCCCCCCCCCCCCCCCC. The van der Waals surface area contributed by atoms with Crippen molar-refractivity contribution in [3.63, 3.8) is 0 Å². The van der Waals surface area contributed by atoms with Crippen LogP contribution in [0.2, 0.25) is 0 Å². The van der Waals surface area contributed by atoms with Gasteiger partial charge in [-0.1, -0.05) is 129 Å². The van der Waals surface area contributed by atoms with Crippen molar-refractivity contribution in [3.05, 3.63) is 0 Å². The minimum absolute atomic E-state index is 0.171. The van der Waals surface area contributed by atoms with Crippen LogP contribution in [0.5, 0.6) is 0 Å². The Balaban J connectivity index is 1.76. The highest BCUT2D eigenvalue weighted by Crippen LogP contribution is 2.21. The van der Waals surface area contributed by atoms with Crippen molar-refractivity contribution in [2.45, 2.75) is 160 Å². The molecule has 0 saturated carbocycles. The second-order valence-electron chi connectivity index (χ2n) is 10.7. The van der Waals surface area contributed by atoms with Gasteiger partial charge in [-0.3, -0.25) is 4.79 Å². The predicted molar refractivity (Wildman–Crippen MR) is 148 cm³/mol. The van der Waals surface area contributed by atoms with Gasteiger partial charge < -0.3 is 25.0 Å². The summed E-state index contributed by atoms with van der Waals surface area (Å²) in [6, 6.07) is -0.838. The molecule has 1 saturated heterocycles. The van der Waals surface area contributed by atoms with Gasteiger partial charge in [0.2, 0.25) is 5.91 Å². The van der Waals surface area contributed by atoms with Crippen LogP contribution in [0.25, 0.3) is 0 Å². The first-order chi connectivity index (χ1) is 17.6. The molecule has 2 radical (unpaired) electrons. The van der Waals surface area contributed by atoms with Gasteiger partial charge in [-0.15, -0.1) is 0 Å². The molecular weight excluding hydrogens is 453 g/mol. The van der Waals surface area contributed by atoms with E-state index >= 15 is 0 Å². The number of nitrogens with one attached hydrogen (secondary N) is 1. The highest BCUT2D eigenvalue weighted by atomic mass is 16.6. The van der Waals surface area contributed by atoms with E-state index in [2.05, 4.69) is 12.2 Å². The summed E-state index contributed by atoms with van der Waals surface area (Å²) in [6.45, 7) is 2.41. The molecule has 1 rings (SSSR count). The Bertz CT molecular complexity index is 510. The molecule has 1 aliphatic rings. The second-order valence-corrected chi connectivity index (χ2v) is 10.7. The van der Waals surface area contributed by atoms with E-state index < -0.39 is 24.3 Å². The van der Waals surface area contributed by atoms with E-state index in [0.29, 0.717) is 6.54 Å². The fourth-order valence-corrected chi connectivity index (χ4v) is 4.94. The summed E-state index contributed by atoms with van der Waals surface area (Å²) in [5.74, 6) is -0.223. The van der Waals surface area contributed by atoms with Crippen molar-refractivity contribution in [2.75, 3.05) is 19.8 Å². The first kappa shape index (κ1) is 33.4. The van der Waals surface area contributed by atoms with Crippen molar-refractivity contribution in [2.24, 2.45) is 0 Å². The van der Waals surface area contributed by atoms with Crippen LogP contribution in [0.15, 0.2) is 0 Å². The molecule has 1 heterocycles. The molecule has 0 aliphatic carbocycles. The quantitative estimate of drug-likeness (QED) is 0.111. The molecule has 1 aliphatic heterocycles. The Kier molecular flexibility index (Phi) is 21.8. The lowest BCUT2D eigenvalue weighted by Gasteiger charge is -2.18. The molecule has 210 valence electrons. The third-order valence-electron chi connectivity index (χ3n) is 7.31. The monoisotopic (exact) mass is 509 g/mol. The molecule has 6 nitrogen and oxygen atoms in total. The predicted octanol–water partition coefficient (Wildman–Crippen LogP) is 5.56. The third-order valence-corrected chi connectivity index (χ3v) is 7.31. The maximum absolute atomic E-state index is 11.9. The zero-order valence-corrected chi connectivity index (χ0v) is 23.3. The number of carbonyl (C=O) groups is 1. The Morgan fingerprint density at radius 3 is 1.58 bits per heavy atom. The lowest BCUT2D eigenvalue weighted by atomic mass is 9.93. The van der Waals surface area contributed by atoms with Crippen molar-refractivity contribution in [1.29, 1.82) is 0 Å². The molecule has 3 N–H and O–H groups in total. The summed E-state index contributed by atoms with van der Waals surface area (Å²) in [4.78, 5) is 11.9. The van der Waals surface area contributed by atoms with Crippen molar-refractivity contribution in [1.82, 2.24) is 5.32 Å². The van der Waals surface area contributed by atoms with Crippen LogP contribution in [0.1, 0.15) is 135 Å². The fraction of sp³-hybridized carbons (Fsp3) is 0.966. The summed E-state index contributed by atoms with van der Waals surface area (Å²) in [5, 5.41) is 21.9. The summed E-state index contributed by atoms with van der Waals surface area (Å²) in [7, 11) is 5.73. The second kappa shape index (κ2) is 23.5. The first-order valence-electron chi connectivity index (χ1n) is 15.2. The van der Waals surface area contributed by atoms with E-state index in [4.69, 9.17) is 22.4 Å². The van der Waals surface area contributed by atoms with Gasteiger partial charge in [0.15, 0.2) is 0 Å². The molecule has 7 heteroatoms. The molecular formula is C29H56BNO5. The van der Waals surface area contributed by atoms with Crippen LogP contribution < -0.4 is 5.32 Å². The summed E-state index contributed by atoms with van der Waals surface area (Å²) in [6.07, 6.45) is 24.5. The largest absolute Gasteiger partial charge is 0.394 e. The average Bonchev–Trinajstić information content (AvgIpc) is 3.15. The highest BCUT2D eigenvalue weighted by Gasteiger charge is 2.41. The zero-order valence-electron chi connectivity index (χ0n) is 23.3. The summed E-state index contributed by atoms with van der Waals surface area (Å²) < 4.78 is 10.6. The standard InChI is InChI=1S/C29H56BNO5/c1-2-3-4-5-6-7-8-9-10-11-12-13-14-15-16-17-18-19-20-21-22-31-26(33)24-35-28-27(34)25(23-32)36-29(28)30/h25,27-29,32,34H,2-24H2,1H3,(H,31,33). The van der Waals surface area contributed by atoms with Crippen molar-refractivity contribution >= 4 is 13.8 Å². The topological polar surface area (TPSA) is 88.0 Å². The van der Waals surface area contributed by atoms with E-state index in [9.17, 15) is 9.90 Å². The van der Waals surface area contributed by atoms with Gasteiger partial charge in [0.1, 0.15) is 32.8 Å². The van der Waals surface area contributed by atoms with Gasteiger partial charge in [0, 0.05) is 12.5 Å². The minimum atomic E-state index is -1.03. The van der Waals surface area contributed by atoms with Gasteiger partial charge >= 0.3 is 0 Å². The maximum atomic E-state index is 11.9. The van der Waals surface area contributed by atoms with E-state index in [0.717, 1.165) is 12.8 Å². The summed E-state index contributed by atoms with van der Waals surface area (Å²) in [5.41, 5.74) is 0. The lowest BCUT2D eigenvalue weighted by molar-refractivity contribution is -0.129. The molecule has 1 fully saturated rings. The van der Waals surface area contributed by atoms with Crippen LogP contribution in [-0.2, 0) is 14.3 Å². The van der Waals surface area contributed by atoms with Crippen LogP contribution in [0.3, 0.4) is 0 Å². The molecule has 0 aromatic carbocycles. The smallest absolute Gasteiger partial charge is 0.246 e. The van der Waals surface area contributed by atoms with Gasteiger partial charge in [-0.25, -0.2) is 0 Å². The Morgan fingerprint density at radius 1 is 0.778 bits per heavy atom. The Hall–Kier alpha value is -0.625. The van der Waals surface area contributed by atoms with E-state index in [1.54, 1.807) is 0 Å². The number of carbonyl (C=O) groups excluding carboxylic acids is 1. The molecule has 0 spiro atoms. The normalized spacial score (nSPS) is 21.8. The number of ether oxygens (including phenoxy) is 2. The lowest BCUT2D eigenvalue weighted by Crippen LogP contribution is -2.39. The third kappa shape index (κ3) is 17.0. The van der Waals surface area contributed by atoms with E-state index in [1.807, 2.05) is 0 Å². The number of unbranched alkanes of at least 4 members (excludes halogenated alkanes) is 19. The number of hydrogen-bond acceptors (Lipinski definition) is 5. The van der Waals surface area contributed by atoms with Crippen LogP contribution in [0, 0.1) is 0 Å². The van der Waals surface area contributed by atoms with E-state index in [1.165, 1.54) is 116 Å². The number of amides is 1. The molecule has 1 amide bonds. The molecule has 0 aromatic heterocycles. The molecule has 36 heavy (non-hydrogen) atoms. The molecule has 4 unspecified atom stereocenters. The van der Waals surface area contributed by atoms with Gasteiger partial charge in [-0.05, 0) is 6.42 Å². The number of aliphatic hydroxyl groups is 2. The van der Waals surface area contributed by atoms with Gasteiger partial charge in [0.25, 0.3) is 0 Å². The Morgan fingerprint density at radius 2 is 1.19 bits per heavy atom. The average molecular weight is 510 g/mol. The van der Waals surface area contributed by atoms with Crippen molar-refractivity contribution < 1.29 is 24.5 Å². The zero-order chi connectivity index (χ0) is 26.3. The first-order valence-corrected chi connectivity index (χ1v) is 15.2. The van der Waals surface area contributed by atoms with Gasteiger partial charge in [-0.2, -0.15) is 0 Å². The molecule has 4 atom stereocenters. The molecule has 0 bridgehead atoms. The van der Waals surface area contributed by atoms with Crippen LogP contribution in [0.4, 0.5) is 0 Å². The number of hydrogen-bond donors (Lipinski definition) is 3. The number of aliphatic hydroxyl groups excluding tert-OH is 2. The van der Waals surface area contributed by atoms with Gasteiger partial charge in [0.05, 0.1) is 6.61 Å². The highest BCUT2D eigenvalue weighted by molar-refractivity contribution is 6.11. The van der Waals surface area contributed by atoms with Crippen LogP contribution in [-0.4, -0.2) is 68.0 Å². The minimum Gasteiger partial charge on any atom is -0.394 e. The molecule has 0 aromatic rings. The van der Waals surface area contributed by atoms with Crippen LogP contribution >= 0.6 is 0 Å². The van der Waals surface area contributed by atoms with Crippen molar-refractivity contribution in [3.8, 4) is 0 Å².